The molecule has 0 aliphatic heterocycles. The molecule has 1 aromatic heterocycles. The van der Waals surface area contributed by atoms with Crippen molar-refractivity contribution in [3.05, 3.63) is 42.0 Å². The lowest BCUT2D eigenvalue weighted by Gasteiger charge is -2.07. The summed E-state index contributed by atoms with van der Waals surface area (Å²) in [5.74, 6) is 1.38. The summed E-state index contributed by atoms with van der Waals surface area (Å²) in [7, 11) is 0. The Hall–Kier alpha value is -1.64. The van der Waals surface area contributed by atoms with E-state index in [0.29, 0.717) is 12.5 Å². The number of aryl methyl sites for hydroxylation is 2. The molecule has 3 N–H and O–H groups in total. The Morgan fingerprint density at radius 1 is 1.43 bits per heavy atom. The zero-order chi connectivity index (χ0) is 14.4. The van der Waals surface area contributed by atoms with E-state index in [9.17, 15) is 0 Å². The number of hydrogen-bond acceptors (Lipinski definition) is 3. The predicted octanol–water partition coefficient (Wildman–Crippen LogP) is 2.19. The van der Waals surface area contributed by atoms with Gasteiger partial charge in [-0.1, -0.05) is 19.1 Å². The second-order valence-corrected chi connectivity index (χ2v) is 4.56. The highest BCUT2D eigenvalue weighted by Gasteiger charge is 2.00. The number of nitrogens with one attached hydrogen (secondary N) is 1. The van der Waals surface area contributed by atoms with Crippen LogP contribution in [0.4, 0.5) is 5.69 Å². The molecular formula is C14H21IN6. The third-order valence-corrected chi connectivity index (χ3v) is 2.93. The number of anilines is 1. The number of benzene rings is 1. The first-order chi connectivity index (χ1) is 9.69. The molecule has 0 saturated carbocycles. The van der Waals surface area contributed by atoms with Gasteiger partial charge in [-0.3, -0.25) is 4.99 Å². The van der Waals surface area contributed by atoms with Crippen molar-refractivity contribution in [2.75, 3.05) is 11.9 Å². The van der Waals surface area contributed by atoms with E-state index in [1.807, 2.05) is 35.8 Å². The van der Waals surface area contributed by atoms with Gasteiger partial charge in [-0.15, -0.1) is 34.2 Å². The van der Waals surface area contributed by atoms with Crippen molar-refractivity contribution in [3.63, 3.8) is 0 Å². The monoisotopic (exact) mass is 400 g/mol. The number of rotatable bonds is 5. The summed E-state index contributed by atoms with van der Waals surface area (Å²) in [5, 5.41) is 11.0. The van der Waals surface area contributed by atoms with Crippen molar-refractivity contribution in [2.45, 2.75) is 26.8 Å². The summed E-state index contributed by atoms with van der Waals surface area (Å²) in [6.07, 6.45) is 2.58. The van der Waals surface area contributed by atoms with Gasteiger partial charge in [-0.25, -0.2) is 0 Å². The standard InChI is InChI=1S/C14H20N6.HI/c1-3-13-19-17-10-20(13)8-7-16-14(15)18-12-6-4-5-11(2)9-12;/h4-6,9-10H,3,7-8H2,1-2H3,(H3,15,16,18);1H. The first-order valence-electron chi connectivity index (χ1n) is 6.69. The fourth-order valence-corrected chi connectivity index (χ4v) is 1.93. The third kappa shape index (κ3) is 5.33. The second-order valence-electron chi connectivity index (χ2n) is 4.56. The lowest BCUT2D eigenvalue weighted by Crippen LogP contribution is -2.23. The van der Waals surface area contributed by atoms with E-state index in [1.54, 1.807) is 6.33 Å². The van der Waals surface area contributed by atoms with Gasteiger partial charge in [-0.2, -0.15) is 0 Å². The van der Waals surface area contributed by atoms with Gasteiger partial charge in [0, 0.05) is 18.7 Å². The lowest BCUT2D eigenvalue weighted by molar-refractivity contribution is 0.666. The molecule has 0 saturated heterocycles. The fraction of sp³-hybridized carbons (Fsp3) is 0.357. The van der Waals surface area contributed by atoms with Crippen LogP contribution in [0.1, 0.15) is 18.3 Å². The van der Waals surface area contributed by atoms with Crippen LogP contribution in [0.15, 0.2) is 35.6 Å². The number of nitrogens with two attached hydrogens (primary N) is 1. The number of hydrogen-bond donors (Lipinski definition) is 2. The van der Waals surface area contributed by atoms with E-state index in [4.69, 9.17) is 5.73 Å². The molecule has 1 aromatic carbocycles. The van der Waals surface area contributed by atoms with Crippen LogP contribution in [0.2, 0.25) is 0 Å². The number of guanidine groups is 1. The second kappa shape index (κ2) is 8.60. The van der Waals surface area contributed by atoms with Crippen molar-refractivity contribution >= 4 is 35.6 Å². The summed E-state index contributed by atoms with van der Waals surface area (Å²) in [5.41, 5.74) is 7.99. The number of aromatic nitrogens is 3. The van der Waals surface area contributed by atoms with Crippen molar-refractivity contribution in [3.8, 4) is 0 Å². The molecule has 0 radical (unpaired) electrons. The van der Waals surface area contributed by atoms with Crippen LogP contribution in [0.25, 0.3) is 0 Å². The minimum Gasteiger partial charge on any atom is -0.370 e. The first kappa shape index (κ1) is 17.4. The highest BCUT2D eigenvalue weighted by Crippen LogP contribution is 2.08. The quantitative estimate of drug-likeness (QED) is 0.458. The molecule has 7 heteroatoms. The van der Waals surface area contributed by atoms with Crippen molar-refractivity contribution < 1.29 is 0 Å². The van der Waals surface area contributed by atoms with Gasteiger partial charge in [0.05, 0.1) is 6.54 Å². The Labute approximate surface area is 141 Å². The molecule has 0 aliphatic carbocycles. The Morgan fingerprint density at radius 3 is 2.95 bits per heavy atom. The maximum atomic E-state index is 5.86. The molecule has 0 spiro atoms. The maximum absolute atomic E-state index is 5.86. The summed E-state index contributed by atoms with van der Waals surface area (Å²) < 4.78 is 1.99. The van der Waals surface area contributed by atoms with E-state index >= 15 is 0 Å². The Balaban J connectivity index is 0.00000220. The van der Waals surface area contributed by atoms with E-state index in [-0.39, 0.29) is 24.0 Å². The fourth-order valence-electron chi connectivity index (χ4n) is 1.93. The van der Waals surface area contributed by atoms with E-state index in [0.717, 1.165) is 24.5 Å². The van der Waals surface area contributed by atoms with Gasteiger partial charge in [0.15, 0.2) is 5.96 Å². The minimum atomic E-state index is 0. The molecule has 6 nitrogen and oxygen atoms in total. The number of aliphatic imine (C=N–C) groups is 1. The average Bonchev–Trinajstić information content (AvgIpc) is 2.86. The summed E-state index contributed by atoms with van der Waals surface area (Å²) in [6, 6.07) is 8.01. The SMILES string of the molecule is CCc1nncn1CCN=C(N)Nc1cccc(C)c1.I. The van der Waals surface area contributed by atoms with Crippen molar-refractivity contribution in [1.29, 1.82) is 0 Å². The Kier molecular flexibility index (Phi) is 7.13. The van der Waals surface area contributed by atoms with E-state index in [1.165, 1.54) is 5.56 Å². The van der Waals surface area contributed by atoms with E-state index in [2.05, 4.69) is 27.4 Å². The van der Waals surface area contributed by atoms with Crippen molar-refractivity contribution in [1.82, 2.24) is 14.8 Å². The largest absolute Gasteiger partial charge is 0.370 e. The topological polar surface area (TPSA) is 81.1 Å². The maximum Gasteiger partial charge on any atom is 0.193 e. The van der Waals surface area contributed by atoms with Crippen LogP contribution in [-0.4, -0.2) is 27.3 Å². The minimum absolute atomic E-state index is 0. The molecule has 0 fully saturated rings. The predicted molar refractivity (Wildman–Crippen MR) is 96.1 cm³/mol. The molecular weight excluding hydrogens is 379 g/mol. The molecule has 0 unspecified atom stereocenters. The van der Waals surface area contributed by atoms with Crippen LogP contribution in [0, 0.1) is 6.92 Å². The smallest absolute Gasteiger partial charge is 0.193 e. The van der Waals surface area contributed by atoms with Gasteiger partial charge in [0.1, 0.15) is 12.2 Å². The molecule has 114 valence electrons. The molecule has 21 heavy (non-hydrogen) atoms. The molecule has 0 bridgehead atoms. The summed E-state index contributed by atoms with van der Waals surface area (Å²) in [4.78, 5) is 4.31. The molecule has 0 aliphatic rings. The lowest BCUT2D eigenvalue weighted by atomic mass is 10.2. The molecule has 0 amide bonds. The highest BCUT2D eigenvalue weighted by atomic mass is 127. The van der Waals surface area contributed by atoms with Gasteiger partial charge >= 0.3 is 0 Å². The van der Waals surface area contributed by atoms with Gasteiger partial charge < -0.3 is 15.6 Å². The third-order valence-electron chi connectivity index (χ3n) is 2.93. The molecule has 2 rings (SSSR count). The zero-order valence-electron chi connectivity index (χ0n) is 12.3. The van der Waals surface area contributed by atoms with E-state index < -0.39 is 0 Å². The van der Waals surface area contributed by atoms with Crippen LogP contribution in [0.3, 0.4) is 0 Å². The van der Waals surface area contributed by atoms with Gasteiger partial charge in [0.2, 0.25) is 0 Å². The number of halogens is 1. The van der Waals surface area contributed by atoms with Gasteiger partial charge in [-0.05, 0) is 24.6 Å². The molecule has 0 atom stereocenters. The normalized spacial score (nSPS) is 11.0. The Bertz CT molecular complexity index is 593. The Morgan fingerprint density at radius 2 is 2.24 bits per heavy atom. The summed E-state index contributed by atoms with van der Waals surface area (Å²) in [6.45, 7) is 5.41. The molecule has 2 aromatic rings. The highest BCUT2D eigenvalue weighted by molar-refractivity contribution is 14.0. The molecule has 1 heterocycles. The van der Waals surface area contributed by atoms with Crippen LogP contribution in [-0.2, 0) is 13.0 Å². The zero-order valence-corrected chi connectivity index (χ0v) is 14.6. The van der Waals surface area contributed by atoms with Crippen LogP contribution in [0.5, 0.6) is 0 Å². The van der Waals surface area contributed by atoms with Crippen molar-refractivity contribution in [2.24, 2.45) is 10.7 Å². The summed E-state index contributed by atoms with van der Waals surface area (Å²) >= 11 is 0. The first-order valence-corrected chi connectivity index (χ1v) is 6.69. The number of nitrogens with zero attached hydrogens (tertiary/aromatic N) is 4. The average molecular weight is 400 g/mol. The van der Waals surface area contributed by atoms with Crippen LogP contribution < -0.4 is 11.1 Å². The van der Waals surface area contributed by atoms with Crippen LogP contribution >= 0.6 is 24.0 Å². The van der Waals surface area contributed by atoms with Gasteiger partial charge in [0.25, 0.3) is 0 Å².